The van der Waals surface area contributed by atoms with Crippen molar-refractivity contribution in [1.29, 1.82) is 0 Å². The quantitative estimate of drug-likeness (QED) is 0.761. The maximum Gasteiger partial charge on any atom is 0.128 e. The summed E-state index contributed by atoms with van der Waals surface area (Å²) in [7, 11) is 3.84. The summed E-state index contributed by atoms with van der Waals surface area (Å²) in [6, 6.07) is 14.9. The molecule has 2 aliphatic rings. The number of benzene rings is 1. The van der Waals surface area contributed by atoms with E-state index in [2.05, 4.69) is 64.5 Å². The van der Waals surface area contributed by atoms with Gasteiger partial charge in [-0.15, -0.1) is 0 Å². The maximum absolute atomic E-state index is 5.54. The minimum absolute atomic E-state index is 0.0540. The molecule has 0 amide bonds. The van der Waals surface area contributed by atoms with E-state index in [1.807, 2.05) is 7.05 Å². The molecular formula is C26H33N3O. The third-order valence-corrected chi connectivity index (χ3v) is 6.60. The van der Waals surface area contributed by atoms with E-state index >= 15 is 0 Å². The Kier molecular flexibility index (Phi) is 6.72. The molecule has 4 rings (SSSR count). The number of aromatic nitrogens is 1. The minimum atomic E-state index is -0.0540. The van der Waals surface area contributed by atoms with Gasteiger partial charge < -0.3 is 15.0 Å². The fraction of sp³-hybridized carbons (Fsp3) is 0.500. The molecule has 0 radical (unpaired) electrons. The molecule has 2 heterocycles. The summed E-state index contributed by atoms with van der Waals surface area (Å²) in [5.41, 5.74) is 3.32. The van der Waals surface area contributed by atoms with Crippen LogP contribution in [0.25, 0.3) is 0 Å². The van der Waals surface area contributed by atoms with Crippen LogP contribution in [0, 0.1) is 11.8 Å². The molecule has 30 heavy (non-hydrogen) atoms. The first-order chi connectivity index (χ1) is 14.7. The molecule has 1 aliphatic carbocycles. The lowest BCUT2D eigenvalue weighted by Crippen LogP contribution is -2.43. The Bertz CT molecular complexity index is 893. The van der Waals surface area contributed by atoms with Crippen molar-refractivity contribution in [3.05, 3.63) is 59.3 Å². The van der Waals surface area contributed by atoms with Crippen LogP contribution in [0.4, 0.5) is 5.82 Å². The second kappa shape index (κ2) is 9.64. The number of hydrogen-bond acceptors (Lipinski definition) is 4. The molecule has 158 valence electrons. The average Bonchev–Trinajstić information content (AvgIpc) is 3.29. The number of nitrogens with zero attached hydrogens (tertiary/aromatic N) is 2. The highest BCUT2D eigenvalue weighted by atomic mass is 16.5. The molecule has 0 unspecified atom stereocenters. The van der Waals surface area contributed by atoms with E-state index in [-0.39, 0.29) is 5.54 Å². The van der Waals surface area contributed by atoms with Crippen LogP contribution >= 0.6 is 0 Å². The van der Waals surface area contributed by atoms with Gasteiger partial charge in [0.15, 0.2) is 0 Å². The van der Waals surface area contributed by atoms with Crippen LogP contribution in [-0.2, 0) is 11.2 Å². The van der Waals surface area contributed by atoms with Crippen molar-refractivity contribution in [3.8, 4) is 11.8 Å². The lowest BCUT2D eigenvalue weighted by Gasteiger charge is -2.32. The number of methoxy groups -OCH3 is 1. The first-order valence-electron chi connectivity index (χ1n) is 11.2. The van der Waals surface area contributed by atoms with Crippen molar-refractivity contribution in [2.75, 3.05) is 32.1 Å². The van der Waals surface area contributed by atoms with Gasteiger partial charge in [0.2, 0.25) is 0 Å². The molecule has 4 heteroatoms. The third kappa shape index (κ3) is 4.86. The summed E-state index contributed by atoms with van der Waals surface area (Å²) >= 11 is 0. The highest BCUT2D eigenvalue weighted by Crippen LogP contribution is 2.28. The Balaban J connectivity index is 1.64. The Morgan fingerprint density at radius 3 is 2.63 bits per heavy atom. The van der Waals surface area contributed by atoms with Crippen molar-refractivity contribution in [1.82, 2.24) is 10.3 Å². The van der Waals surface area contributed by atoms with E-state index in [0.29, 0.717) is 6.10 Å². The van der Waals surface area contributed by atoms with Crippen LogP contribution in [0.2, 0.25) is 0 Å². The third-order valence-electron chi connectivity index (χ3n) is 6.60. The molecule has 1 saturated heterocycles. The Morgan fingerprint density at radius 1 is 1.13 bits per heavy atom. The topological polar surface area (TPSA) is 37.4 Å². The largest absolute Gasteiger partial charge is 0.380 e. The lowest BCUT2D eigenvalue weighted by atomic mass is 9.82. The number of ether oxygens (including phenoxy) is 1. The van der Waals surface area contributed by atoms with Crippen molar-refractivity contribution in [2.45, 2.75) is 56.6 Å². The molecule has 0 bridgehead atoms. The van der Waals surface area contributed by atoms with Gasteiger partial charge in [0.05, 0.1) is 17.3 Å². The zero-order valence-corrected chi connectivity index (χ0v) is 18.3. The van der Waals surface area contributed by atoms with Crippen LogP contribution in [0.1, 0.15) is 55.3 Å². The minimum Gasteiger partial charge on any atom is -0.380 e. The normalized spacial score (nSPS) is 20.6. The first-order valence-corrected chi connectivity index (χ1v) is 11.2. The maximum atomic E-state index is 5.54. The number of nitrogens with one attached hydrogen (secondary N) is 1. The summed E-state index contributed by atoms with van der Waals surface area (Å²) in [5.74, 6) is 8.15. The summed E-state index contributed by atoms with van der Waals surface area (Å²) in [4.78, 5) is 7.41. The number of pyridine rings is 1. The Morgan fingerprint density at radius 2 is 1.93 bits per heavy atom. The van der Waals surface area contributed by atoms with Crippen LogP contribution in [-0.4, -0.2) is 43.9 Å². The van der Waals surface area contributed by atoms with Gasteiger partial charge in [-0.3, -0.25) is 0 Å². The number of hydrogen-bond donors (Lipinski definition) is 1. The van der Waals surface area contributed by atoms with Gasteiger partial charge in [-0.1, -0.05) is 61.4 Å². The second-order valence-electron chi connectivity index (χ2n) is 8.56. The van der Waals surface area contributed by atoms with Gasteiger partial charge in [-0.05, 0) is 44.0 Å². The van der Waals surface area contributed by atoms with Crippen molar-refractivity contribution < 1.29 is 4.74 Å². The van der Waals surface area contributed by atoms with E-state index in [1.165, 1.54) is 24.8 Å². The highest BCUT2D eigenvalue weighted by molar-refractivity contribution is 5.50. The fourth-order valence-electron chi connectivity index (χ4n) is 4.61. The standard InChI is InChI=1S/C26H33N3O/c1-27-26(15-7-4-8-16-26)17-13-22-11-12-25(29-18-14-23(20-29)30-2)28-24(22)19-21-9-5-3-6-10-21/h3,5-6,9-12,23,27H,4,7-8,14-16,18-20H2,1-2H3/t23-/m0/s1. The van der Waals surface area contributed by atoms with E-state index in [4.69, 9.17) is 9.72 Å². The summed E-state index contributed by atoms with van der Waals surface area (Å²) in [5, 5.41) is 3.51. The molecule has 2 fully saturated rings. The van der Waals surface area contributed by atoms with Crippen molar-refractivity contribution >= 4 is 5.82 Å². The molecule has 1 saturated carbocycles. The molecule has 1 N–H and O–H groups in total. The SMILES string of the molecule is CNC1(C#Cc2ccc(N3CC[C@H](OC)C3)nc2Cc2ccccc2)CCCCC1. The molecule has 2 aromatic rings. The monoisotopic (exact) mass is 403 g/mol. The lowest BCUT2D eigenvalue weighted by molar-refractivity contribution is 0.121. The Hall–Kier alpha value is -2.35. The zero-order chi connectivity index (χ0) is 20.8. The number of anilines is 1. The molecule has 1 aliphatic heterocycles. The predicted molar refractivity (Wildman–Crippen MR) is 123 cm³/mol. The van der Waals surface area contributed by atoms with Gasteiger partial charge >= 0.3 is 0 Å². The van der Waals surface area contributed by atoms with Gasteiger partial charge in [0.25, 0.3) is 0 Å². The molecule has 0 spiro atoms. The van der Waals surface area contributed by atoms with Gasteiger partial charge in [0.1, 0.15) is 5.82 Å². The van der Waals surface area contributed by atoms with Crippen molar-refractivity contribution in [2.24, 2.45) is 0 Å². The predicted octanol–water partition coefficient (Wildman–Crippen LogP) is 4.17. The van der Waals surface area contributed by atoms with E-state index in [0.717, 1.165) is 55.8 Å². The van der Waals surface area contributed by atoms with Gasteiger partial charge in [-0.2, -0.15) is 0 Å². The molecule has 4 nitrogen and oxygen atoms in total. The molecule has 1 aromatic carbocycles. The van der Waals surface area contributed by atoms with Gasteiger partial charge in [0, 0.05) is 32.2 Å². The van der Waals surface area contributed by atoms with E-state index in [1.54, 1.807) is 7.11 Å². The highest BCUT2D eigenvalue weighted by Gasteiger charge is 2.28. The fourth-order valence-corrected chi connectivity index (χ4v) is 4.61. The van der Waals surface area contributed by atoms with Gasteiger partial charge in [-0.25, -0.2) is 4.98 Å². The molecule has 1 aromatic heterocycles. The summed E-state index contributed by atoms with van der Waals surface area (Å²) in [6.07, 6.45) is 8.22. The zero-order valence-electron chi connectivity index (χ0n) is 18.3. The molecule has 1 atom stereocenters. The van der Waals surface area contributed by atoms with E-state index < -0.39 is 0 Å². The van der Waals surface area contributed by atoms with Crippen LogP contribution in [0.3, 0.4) is 0 Å². The van der Waals surface area contributed by atoms with Crippen LogP contribution in [0.15, 0.2) is 42.5 Å². The smallest absolute Gasteiger partial charge is 0.128 e. The first kappa shape index (κ1) is 20.9. The number of rotatable bonds is 5. The van der Waals surface area contributed by atoms with Crippen molar-refractivity contribution in [3.63, 3.8) is 0 Å². The average molecular weight is 404 g/mol. The Labute approximate surface area is 181 Å². The van der Waals surface area contributed by atoms with E-state index in [9.17, 15) is 0 Å². The summed E-state index contributed by atoms with van der Waals surface area (Å²) < 4.78 is 5.54. The van der Waals surface area contributed by atoms with Crippen LogP contribution < -0.4 is 10.2 Å². The summed E-state index contributed by atoms with van der Waals surface area (Å²) in [6.45, 7) is 1.90. The molecular weight excluding hydrogens is 370 g/mol. The second-order valence-corrected chi connectivity index (χ2v) is 8.56. The van der Waals surface area contributed by atoms with Crippen LogP contribution in [0.5, 0.6) is 0 Å².